The van der Waals surface area contributed by atoms with Gasteiger partial charge in [0.05, 0.1) is 12.8 Å². The normalized spacial score (nSPS) is 21.8. The highest BCUT2D eigenvalue weighted by Crippen LogP contribution is 2.64. The summed E-state index contributed by atoms with van der Waals surface area (Å²) >= 11 is 6.10. The Bertz CT molecular complexity index is 693. The van der Waals surface area contributed by atoms with E-state index in [0.29, 0.717) is 17.3 Å². The van der Waals surface area contributed by atoms with Gasteiger partial charge in [-0.3, -0.25) is 0 Å². The lowest BCUT2D eigenvalue weighted by Gasteiger charge is -2.12. The summed E-state index contributed by atoms with van der Waals surface area (Å²) in [5, 5.41) is 4.25. The van der Waals surface area contributed by atoms with Gasteiger partial charge in [0.2, 0.25) is 0 Å². The third-order valence-electron chi connectivity index (χ3n) is 5.16. The van der Waals surface area contributed by atoms with Crippen molar-refractivity contribution in [1.29, 1.82) is 0 Å². The minimum atomic E-state index is 0.314. The SMILES string of the molecule is COc1ccc(Cl)cc1NC[C@@H]1[C@@H](c2ccc(C)cc2)C1(C)C. The van der Waals surface area contributed by atoms with E-state index in [1.54, 1.807) is 7.11 Å². The Labute approximate surface area is 143 Å². The predicted octanol–water partition coefficient (Wildman–Crippen LogP) is 5.51. The fourth-order valence-corrected chi connectivity index (χ4v) is 3.77. The molecule has 1 fully saturated rings. The van der Waals surface area contributed by atoms with Gasteiger partial charge in [-0.25, -0.2) is 0 Å². The number of aryl methyl sites for hydroxylation is 1. The molecule has 122 valence electrons. The number of hydrogen-bond donors (Lipinski definition) is 1. The van der Waals surface area contributed by atoms with Crippen molar-refractivity contribution in [2.24, 2.45) is 11.3 Å². The molecule has 1 aliphatic rings. The molecule has 2 nitrogen and oxygen atoms in total. The first-order valence-corrected chi connectivity index (χ1v) is 8.45. The van der Waals surface area contributed by atoms with E-state index in [1.165, 1.54) is 11.1 Å². The third kappa shape index (κ3) is 3.18. The average Bonchev–Trinajstić information content (AvgIpc) is 3.07. The van der Waals surface area contributed by atoms with Gasteiger partial charge in [-0.15, -0.1) is 0 Å². The van der Waals surface area contributed by atoms with E-state index in [2.05, 4.69) is 50.4 Å². The number of methoxy groups -OCH3 is 1. The summed E-state index contributed by atoms with van der Waals surface area (Å²) in [4.78, 5) is 0. The van der Waals surface area contributed by atoms with Gasteiger partial charge in [0.1, 0.15) is 5.75 Å². The van der Waals surface area contributed by atoms with Crippen molar-refractivity contribution < 1.29 is 4.74 Å². The van der Waals surface area contributed by atoms with E-state index in [-0.39, 0.29) is 0 Å². The lowest BCUT2D eigenvalue weighted by Crippen LogP contribution is -2.08. The molecular weight excluding hydrogens is 306 g/mol. The molecule has 0 saturated heterocycles. The lowest BCUT2D eigenvalue weighted by atomic mass is 10.0. The maximum Gasteiger partial charge on any atom is 0.142 e. The van der Waals surface area contributed by atoms with Crippen LogP contribution in [-0.2, 0) is 0 Å². The molecular formula is C20H24ClNO. The molecule has 0 radical (unpaired) electrons. The second kappa shape index (κ2) is 6.09. The van der Waals surface area contributed by atoms with E-state index in [9.17, 15) is 0 Å². The van der Waals surface area contributed by atoms with Crippen molar-refractivity contribution in [3.8, 4) is 5.75 Å². The van der Waals surface area contributed by atoms with E-state index >= 15 is 0 Å². The van der Waals surface area contributed by atoms with Crippen LogP contribution in [0.4, 0.5) is 5.69 Å². The second-order valence-electron chi connectivity index (χ2n) is 7.04. The van der Waals surface area contributed by atoms with Crippen LogP contribution in [-0.4, -0.2) is 13.7 Å². The summed E-state index contributed by atoms with van der Waals surface area (Å²) in [5.74, 6) is 2.04. The molecule has 2 atom stereocenters. The zero-order chi connectivity index (χ0) is 16.6. The second-order valence-corrected chi connectivity index (χ2v) is 7.48. The van der Waals surface area contributed by atoms with Gasteiger partial charge >= 0.3 is 0 Å². The highest BCUT2D eigenvalue weighted by molar-refractivity contribution is 6.30. The van der Waals surface area contributed by atoms with Gasteiger partial charge < -0.3 is 10.1 Å². The fourth-order valence-electron chi connectivity index (χ4n) is 3.60. The Balaban J connectivity index is 1.71. The Hall–Kier alpha value is -1.67. The molecule has 0 amide bonds. The van der Waals surface area contributed by atoms with E-state index in [1.807, 2.05) is 18.2 Å². The summed E-state index contributed by atoms with van der Waals surface area (Å²) in [6, 6.07) is 14.6. The van der Waals surface area contributed by atoms with Crippen LogP contribution in [0, 0.1) is 18.3 Å². The van der Waals surface area contributed by atoms with E-state index in [4.69, 9.17) is 16.3 Å². The van der Waals surface area contributed by atoms with Crippen molar-refractivity contribution in [2.45, 2.75) is 26.7 Å². The van der Waals surface area contributed by atoms with Gasteiger partial charge in [0.25, 0.3) is 0 Å². The molecule has 2 aromatic rings. The monoisotopic (exact) mass is 329 g/mol. The first kappa shape index (κ1) is 16.2. The molecule has 3 rings (SSSR count). The highest BCUT2D eigenvalue weighted by Gasteiger charge is 2.57. The Morgan fingerprint density at radius 1 is 1.13 bits per heavy atom. The average molecular weight is 330 g/mol. The molecule has 3 heteroatoms. The third-order valence-corrected chi connectivity index (χ3v) is 5.40. The van der Waals surface area contributed by atoms with Gasteiger partial charge in [0.15, 0.2) is 0 Å². The molecule has 0 bridgehead atoms. The summed E-state index contributed by atoms with van der Waals surface area (Å²) in [5.41, 5.74) is 4.02. The van der Waals surface area contributed by atoms with Gasteiger partial charge in [-0.05, 0) is 47.9 Å². The van der Waals surface area contributed by atoms with Crippen molar-refractivity contribution in [3.05, 3.63) is 58.6 Å². The maximum absolute atomic E-state index is 6.10. The Morgan fingerprint density at radius 2 is 1.83 bits per heavy atom. The smallest absolute Gasteiger partial charge is 0.142 e. The van der Waals surface area contributed by atoms with Crippen molar-refractivity contribution in [3.63, 3.8) is 0 Å². The number of anilines is 1. The fraction of sp³-hybridized carbons (Fsp3) is 0.400. The summed E-state index contributed by atoms with van der Waals surface area (Å²) < 4.78 is 5.41. The Morgan fingerprint density at radius 3 is 2.48 bits per heavy atom. The van der Waals surface area contributed by atoms with Crippen LogP contribution in [0.3, 0.4) is 0 Å². The minimum Gasteiger partial charge on any atom is -0.495 e. The van der Waals surface area contributed by atoms with Gasteiger partial charge in [-0.2, -0.15) is 0 Å². The van der Waals surface area contributed by atoms with Gasteiger partial charge in [-0.1, -0.05) is 55.3 Å². The highest BCUT2D eigenvalue weighted by atomic mass is 35.5. The van der Waals surface area contributed by atoms with Crippen LogP contribution in [0.5, 0.6) is 5.75 Å². The molecule has 1 aliphatic carbocycles. The molecule has 1 N–H and O–H groups in total. The number of halogens is 1. The first-order chi connectivity index (χ1) is 10.9. The summed E-state index contributed by atoms with van der Waals surface area (Å²) in [7, 11) is 1.69. The van der Waals surface area contributed by atoms with Crippen molar-refractivity contribution >= 4 is 17.3 Å². The predicted molar refractivity (Wildman–Crippen MR) is 97.7 cm³/mol. The summed E-state index contributed by atoms with van der Waals surface area (Å²) in [6.45, 7) is 7.74. The van der Waals surface area contributed by atoms with Crippen LogP contribution in [0.2, 0.25) is 5.02 Å². The number of benzene rings is 2. The number of ether oxygens (including phenoxy) is 1. The topological polar surface area (TPSA) is 21.3 Å². The molecule has 0 aromatic heterocycles. The zero-order valence-corrected chi connectivity index (χ0v) is 14.9. The standard InChI is InChI=1S/C20H24ClNO/c1-13-5-7-14(8-6-13)19-16(20(19,2)3)12-22-17-11-15(21)9-10-18(17)23-4/h5-11,16,19,22H,12H2,1-4H3/t16-,19-/m1/s1. The molecule has 0 heterocycles. The minimum absolute atomic E-state index is 0.314. The van der Waals surface area contributed by atoms with Crippen LogP contribution in [0.1, 0.15) is 30.9 Å². The van der Waals surface area contributed by atoms with Crippen LogP contribution in [0.25, 0.3) is 0 Å². The van der Waals surface area contributed by atoms with Crippen molar-refractivity contribution in [2.75, 3.05) is 19.0 Å². The molecule has 0 spiro atoms. The van der Waals surface area contributed by atoms with Crippen LogP contribution < -0.4 is 10.1 Å². The molecule has 1 saturated carbocycles. The molecule has 2 aromatic carbocycles. The van der Waals surface area contributed by atoms with Gasteiger partial charge in [0, 0.05) is 11.6 Å². The van der Waals surface area contributed by atoms with Crippen LogP contribution >= 0.6 is 11.6 Å². The Kier molecular flexibility index (Phi) is 4.29. The number of nitrogens with one attached hydrogen (secondary N) is 1. The lowest BCUT2D eigenvalue weighted by molar-refractivity contribution is 0.416. The summed E-state index contributed by atoms with van der Waals surface area (Å²) in [6.07, 6.45) is 0. The molecule has 0 unspecified atom stereocenters. The molecule has 0 aliphatic heterocycles. The number of hydrogen-bond acceptors (Lipinski definition) is 2. The largest absolute Gasteiger partial charge is 0.495 e. The quantitative estimate of drug-likeness (QED) is 0.781. The van der Waals surface area contributed by atoms with Crippen LogP contribution in [0.15, 0.2) is 42.5 Å². The van der Waals surface area contributed by atoms with Crippen molar-refractivity contribution in [1.82, 2.24) is 0 Å². The maximum atomic E-state index is 6.10. The zero-order valence-electron chi connectivity index (χ0n) is 14.2. The van der Waals surface area contributed by atoms with E-state index in [0.717, 1.165) is 23.0 Å². The first-order valence-electron chi connectivity index (χ1n) is 8.07. The molecule has 23 heavy (non-hydrogen) atoms. The number of rotatable bonds is 5. The van der Waals surface area contributed by atoms with E-state index < -0.39 is 0 Å².